The van der Waals surface area contributed by atoms with Crippen LogP contribution in [0.4, 0.5) is 5.69 Å². The molecule has 2 rings (SSSR count). The van der Waals surface area contributed by atoms with Gasteiger partial charge in [-0.05, 0) is 31.0 Å². The number of nitrogens with zero attached hydrogens (tertiary/aromatic N) is 1. The number of anilines is 1. The summed E-state index contributed by atoms with van der Waals surface area (Å²) in [6.07, 6.45) is 2.46. The monoisotopic (exact) mass is 311 g/mol. The van der Waals surface area contributed by atoms with Gasteiger partial charge in [-0.1, -0.05) is 13.0 Å². The standard InChI is InChI=1S/C13H17N3O2S2/c1-3-10-4-5-12(6-13(10)14)20(17,18)16-8-11-7-15-9(2)19-11/h4-7,16H,3,8,14H2,1-2H3. The third-order valence-electron chi connectivity index (χ3n) is 2.91. The Morgan fingerprint density at radius 1 is 1.40 bits per heavy atom. The molecule has 0 saturated carbocycles. The first-order chi connectivity index (χ1) is 9.42. The van der Waals surface area contributed by atoms with Crippen molar-refractivity contribution in [3.8, 4) is 0 Å². The number of benzene rings is 1. The zero-order valence-electron chi connectivity index (χ0n) is 11.4. The lowest BCUT2D eigenvalue weighted by Crippen LogP contribution is -2.23. The van der Waals surface area contributed by atoms with E-state index in [1.807, 2.05) is 13.8 Å². The molecule has 20 heavy (non-hydrogen) atoms. The van der Waals surface area contributed by atoms with Gasteiger partial charge in [0.25, 0.3) is 0 Å². The Labute approximate surface area is 122 Å². The molecule has 0 atom stereocenters. The van der Waals surface area contributed by atoms with Crippen molar-refractivity contribution in [2.24, 2.45) is 0 Å². The number of hydrogen-bond acceptors (Lipinski definition) is 5. The van der Waals surface area contributed by atoms with Gasteiger partial charge in [-0.3, -0.25) is 0 Å². The molecule has 0 fully saturated rings. The van der Waals surface area contributed by atoms with Crippen LogP contribution in [0, 0.1) is 6.92 Å². The SMILES string of the molecule is CCc1ccc(S(=O)(=O)NCc2cnc(C)s2)cc1N. The fourth-order valence-corrected chi connectivity index (χ4v) is 3.67. The average Bonchev–Trinajstić information content (AvgIpc) is 2.82. The maximum absolute atomic E-state index is 12.2. The molecule has 0 unspecified atom stereocenters. The quantitative estimate of drug-likeness (QED) is 0.828. The highest BCUT2D eigenvalue weighted by Crippen LogP contribution is 2.19. The van der Waals surface area contributed by atoms with Gasteiger partial charge in [0, 0.05) is 23.3 Å². The maximum Gasteiger partial charge on any atom is 0.240 e. The van der Waals surface area contributed by atoms with Crippen LogP contribution in [0.3, 0.4) is 0 Å². The molecule has 1 heterocycles. The fraction of sp³-hybridized carbons (Fsp3) is 0.308. The number of nitrogen functional groups attached to an aromatic ring is 1. The summed E-state index contributed by atoms with van der Waals surface area (Å²) in [7, 11) is -3.55. The number of aryl methyl sites for hydroxylation is 2. The van der Waals surface area contributed by atoms with E-state index < -0.39 is 10.0 Å². The zero-order chi connectivity index (χ0) is 14.8. The van der Waals surface area contributed by atoms with Crippen molar-refractivity contribution in [3.05, 3.63) is 39.8 Å². The Kier molecular flexibility index (Phi) is 4.42. The molecule has 3 N–H and O–H groups in total. The molecule has 108 valence electrons. The first-order valence-electron chi connectivity index (χ1n) is 6.21. The molecule has 0 aliphatic rings. The molecule has 0 amide bonds. The summed E-state index contributed by atoms with van der Waals surface area (Å²) >= 11 is 1.47. The van der Waals surface area contributed by atoms with Gasteiger partial charge in [0.15, 0.2) is 0 Å². The van der Waals surface area contributed by atoms with E-state index in [0.29, 0.717) is 5.69 Å². The van der Waals surface area contributed by atoms with E-state index in [4.69, 9.17) is 5.73 Å². The van der Waals surface area contributed by atoms with Crippen LogP contribution in [0.1, 0.15) is 22.4 Å². The van der Waals surface area contributed by atoms with Crippen molar-refractivity contribution in [2.75, 3.05) is 5.73 Å². The lowest BCUT2D eigenvalue weighted by Gasteiger charge is -2.08. The Morgan fingerprint density at radius 2 is 2.15 bits per heavy atom. The first-order valence-corrected chi connectivity index (χ1v) is 8.51. The lowest BCUT2D eigenvalue weighted by atomic mass is 10.1. The highest BCUT2D eigenvalue weighted by Gasteiger charge is 2.15. The molecule has 0 radical (unpaired) electrons. The number of rotatable bonds is 5. The summed E-state index contributed by atoms with van der Waals surface area (Å²) in [5.74, 6) is 0. The van der Waals surface area contributed by atoms with Gasteiger partial charge < -0.3 is 5.73 Å². The van der Waals surface area contributed by atoms with Crippen LogP contribution < -0.4 is 10.5 Å². The topological polar surface area (TPSA) is 85.1 Å². The summed E-state index contributed by atoms with van der Waals surface area (Å²) < 4.78 is 26.9. The van der Waals surface area contributed by atoms with Crippen LogP contribution in [0.2, 0.25) is 0 Å². The van der Waals surface area contributed by atoms with E-state index in [1.54, 1.807) is 18.3 Å². The van der Waals surface area contributed by atoms with E-state index >= 15 is 0 Å². The number of nitrogens with two attached hydrogens (primary N) is 1. The zero-order valence-corrected chi connectivity index (χ0v) is 13.0. The van der Waals surface area contributed by atoms with Gasteiger partial charge in [0.05, 0.1) is 9.90 Å². The van der Waals surface area contributed by atoms with Crippen molar-refractivity contribution >= 4 is 27.0 Å². The van der Waals surface area contributed by atoms with Gasteiger partial charge in [-0.2, -0.15) is 0 Å². The van der Waals surface area contributed by atoms with Crippen molar-refractivity contribution in [3.63, 3.8) is 0 Å². The van der Waals surface area contributed by atoms with Gasteiger partial charge in [0.1, 0.15) is 0 Å². The van der Waals surface area contributed by atoms with Crippen molar-refractivity contribution < 1.29 is 8.42 Å². The second-order valence-corrected chi connectivity index (χ2v) is 7.47. The maximum atomic E-state index is 12.2. The second kappa shape index (κ2) is 5.90. The second-order valence-electron chi connectivity index (χ2n) is 4.38. The van der Waals surface area contributed by atoms with Crippen molar-refractivity contribution in [1.82, 2.24) is 9.71 Å². The van der Waals surface area contributed by atoms with E-state index in [0.717, 1.165) is 21.9 Å². The van der Waals surface area contributed by atoms with E-state index in [9.17, 15) is 8.42 Å². The van der Waals surface area contributed by atoms with Crippen molar-refractivity contribution in [2.45, 2.75) is 31.7 Å². The molecule has 5 nitrogen and oxygen atoms in total. The van der Waals surface area contributed by atoms with Gasteiger partial charge in [0.2, 0.25) is 10.0 Å². The van der Waals surface area contributed by atoms with Crippen LogP contribution in [0.15, 0.2) is 29.3 Å². The summed E-state index contributed by atoms with van der Waals surface area (Å²) in [6.45, 7) is 4.10. The molecule has 0 bridgehead atoms. The molecular formula is C13H17N3O2S2. The summed E-state index contributed by atoms with van der Waals surface area (Å²) in [5.41, 5.74) is 7.29. The third-order valence-corrected chi connectivity index (χ3v) is 5.23. The van der Waals surface area contributed by atoms with Crippen LogP contribution >= 0.6 is 11.3 Å². The number of aromatic nitrogens is 1. The summed E-state index contributed by atoms with van der Waals surface area (Å²) in [5, 5.41) is 0.913. The predicted octanol–water partition coefficient (Wildman–Crippen LogP) is 2.07. The Morgan fingerprint density at radius 3 is 2.70 bits per heavy atom. The van der Waals surface area contributed by atoms with Gasteiger partial charge in [-0.25, -0.2) is 18.1 Å². The smallest absolute Gasteiger partial charge is 0.240 e. The Balaban J connectivity index is 2.15. The van der Waals surface area contributed by atoms with E-state index in [1.165, 1.54) is 17.4 Å². The molecule has 0 spiro atoms. The molecule has 2 aromatic rings. The number of hydrogen-bond donors (Lipinski definition) is 2. The van der Waals surface area contributed by atoms with E-state index in [2.05, 4.69) is 9.71 Å². The molecular weight excluding hydrogens is 294 g/mol. The highest BCUT2D eigenvalue weighted by atomic mass is 32.2. The number of sulfonamides is 1. The predicted molar refractivity (Wildman–Crippen MR) is 81.1 cm³/mol. The van der Waals surface area contributed by atoms with Crippen molar-refractivity contribution in [1.29, 1.82) is 0 Å². The summed E-state index contributed by atoms with van der Waals surface area (Å²) in [4.78, 5) is 5.16. The normalized spacial score (nSPS) is 11.7. The summed E-state index contributed by atoms with van der Waals surface area (Å²) in [6, 6.07) is 4.83. The molecule has 0 saturated heterocycles. The molecule has 1 aromatic carbocycles. The average molecular weight is 311 g/mol. The fourth-order valence-electron chi connectivity index (χ4n) is 1.80. The molecule has 7 heteroatoms. The van der Waals surface area contributed by atoms with Crippen LogP contribution in [-0.4, -0.2) is 13.4 Å². The lowest BCUT2D eigenvalue weighted by molar-refractivity contribution is 0.582. The number of nitrogens with one attached hydrogen (secondary N) is 1. The van der Waals surface area contributed by atoms with Gasteiger partial charge >= 0.3 is 0 Å². The minimum Gasteiger partial charge on any atom is -0.398 e. The van der Waals surface area contributed by atoms with Crippen LogP contribution in [0.25, 0.3) is 0 Å². The highest BCUT2D eigenvalue weighted by molar-refractivity contribution is 7.89. The Hall–Kier alpha value is -1.44. The molecule has 0 aliphatic carbocycles. The Bertz CT molecular complexity index is 708. The van der Waals surface area contributed by atoms with Gasteiger partial charge in [-0.15, -0.1) is 11.3 Å². The largest absolute Gasteiger partial charge is 0.398 e. The minimum absolute atomic E-state index is 0.188. The molecule has 1 aromatic heterocycles. The van der Waals surface area contributed by atoms with E-state index in [-0.39, 0.29) is 11.4 Å². The van der Waals surface area contributed by atoms with Crippen LogP contribution in [0.5, 0.6) is 0 Å². The minimum atomic E-state index is -3.55. The first kappa shape index (κ1) is 15.0. The molecule has 0 aliphatic heterocycles. The van der Waals surface area contributed by atoms with Crippen LogP contribution in [-0.2, 0) is 23.0 Å². The number of thiazole rings is 1. The third kappa shape index (κ3) is 3.36.